The summed E-state index contributed by atoms with van der Waals surface area (Å²) in [6, 6.07) is 14.2. The van der Waals surface area contributed by atoms with Gasteiger partial charge in [0.1, 0.15) is 11.6 Å². The number of methoxy groups -OCH3 is 1. The Kier molecular flexibility index (Phi) is 11.3. The first-order valence-corrected chi connectivity index (χ1v) is 10.9. The number of hydrogen-bond donors (Lipinski definition) is 2. The van der Waals surface area contributed by atoms with Crippen LogP contribution in [0.15, 0.2) is 53.7 Å². The molecule has 0 aliphatic carbocycles. The molecule has 0 bridgehead atoms. The van der Waals surface area contributed by atoms with Gasteiger partial charge >= 0.3 is 0 Å². The number of rotatable bonds is 9. The van der Waals surface area contributed by atoms with Crippen molar-refractivity contribution in [3.8, 4) is 5.75 Å². The Morgan fingerprint density at radius 2 is 1.84 bits per heavy atom. The highest BCUT2D eigenvalue weighted by atomic mass is 127. The van der Waals surface area contributed by atoms with Crippen molar-refractivity contribution in [1.29, 1.82) is 0 Å². The van der Waals surface area contributed by atoms with Crippen LogP contribution in [0.5, 0.6) is 5.75 Å². The molecule has 3 rings (SSSR count). The van der Waals surface area contributed by atoms with Crippen molar-refractivity contribution in [2.75, 3.05) is 63.1 Å². The average Bonchev–Trinajstić information content (AvgIpc) is 2.81. The second-order valence-electron chi connectivity index (χ2n) is 7.23. The van der Waals surface area contributed by atoms with Crippen LogP contribution in [0.3, 0.4) is 0 Å². The van der Waals surface area contributed by atoms with Gasteiger partial charge in [0.15, 0.2) is 5.96 Å². The molecule has 31 heavy (non-hydrogen) atoms. The van der Waals surface area contributed by atoms with Gasteiger partial charge in [0.05, 0.1) is 12.8 Å². The number of guanidine groups is 1. The Morgan fingerprint density at radius 3 is 2.55 bits per heavy atom. The number of ether oxygens (including phenoxy) is 1. The number of nitrogens with zero attached hydrogens (tertiary/aromatic N) is 4. The molecule has 170 valence electrons. The predicted molar refractivity (Wildman–Crippen MR) is 140 cm³/mol. The van der Waals surface area contributed by atoms with Crippen LogP contribution in [0.25, 0.3) is 0 Å². The van der Waals surface area contributed by atoms with E-state index in [1.165, 1.54) is 5.69 Å². The molecule has 0 saturated carbocycles. The van der Waals surface area contributed by atoms with Gasteiger partial charge in [-0.2, -0.15) is 0 Å². The van der Waals surface area contributed by atoms with E-state index < -0.39 is 0 Å². The van der Waals surface area contributed by atoms with Crippen LogP contribution in [-0.4, -0.2) is 68.8 Å². The second kappa shape index (κ2) is 14.0. The lowest BCUT2D eigenvalue weighted by atomic mass is 10.2. The van der Waals surface area contributed by atoms with E-state index in [0.29, 0.717) is 0 Å². The van der Waals surface area contributed by atoms with Gasteiger partial charge in [0.2, 0.25) is 0 Å². The third-order valence-electron chi connectivity index (χ3n) is 5.16. The number of aromatic nitrogens is 1. The lowest BCUT2D eigenvalue weighted by Gasteiger charge is -2.38. The molecule has 7 nitrogen and oxygen atoms in total. The second-order valence-corrected chi connectivity index (χ2v) is 7.23. The minimum atomic E-state index is 0. The molecule has 1 fully saturated rings. The minimum absolute atomic E-state index is 0. The van der Waals surface area contributed by atoms with Gasteiger partial charge in [-0.1, -0.05) is 18.2 Å². The zero-order valence-corrected chi connectivity index (χ0v) is 20.9. The molecule has 0 unspecified atom stereocenters. The van der Waals surface area contributed by atoms with Crippen LogP contribution < -0.4 is 20.3 Å². The number of unbranched alkanes of at least 4 members (excludes halogenated alkanes) is 1. The third kappa shape index (κ3) is 7.75. The van der Waals surface area contributed by atoms with Gasteiger partial charge in [-0.25, -0.2) is 4.98 Å². The van der Waals surface area contributed by atoms with Crippen molar-refractivity contribution in [3.63, 3.8) is 0 Å². The van der Waals surface area contributed by atoms with Crippen LogP contribution in [0.4, 0.5) is 11.5 Å². The maximum absolute atomic E-state index is 5.52. The Morgan fingerprint density at radius 1 is 1.06 bits per heavy atom. The van der Waals surface area contributed by atoms with Crippen LogP contribution in [0.2, 0.25) is 0 Å². The van der Waals surface area contributed by atoms with Gasteiger partial charge in [0.25, 0.3) is 0 Å². The average molecular weight is 538 g/mol. The summed E-state index contributed by atoms with van der Waals surface area (Å²) < 4.78 is 5.52. The summed E-state index contributed by atoms with van der Waals surface area (Å²) in [4.78, 5) is 13.9. The Hall–Kier alpha value is -2.23. The maximum Gasteiger partial charge on any atom is 0.194 e. The predicted octanol–water partition coefficient (Wildman–Crippen LogP) is 3.69. The monoisotopic (exact) mass is 538 g/mol. The number of benzene rings is 1. The van der Waals surface area contributed by atoms with Crippen molar-refractivity contribution >= 4 is 41.4 Å². The number of piperazine rings is 1. The number of nitrogens with one attached hydrogen (secondary N) is 2. The van der Waals surface area contributed by atoms with Gasteiger partial charge in [-0.3, -0.25) is 4.99 Å². The van der Waals surface area contributed by atoms with E-state index in [1.807, 2.05) is 36.5 Å². The molecular weight excluding hydrogens is 503 g/mol. The molecule has 1 aliphatic rings. The summed E-state index contributed by atoms with van der Waals surface area (Å²) >= 11 is 0. The lowest BCUT2D eigenvalue weighted by Crippen LogP contribution is -2.52. The van der Waals surface area contributed by atoms with Crippen molar-refractivity contribution in [3.05, 3.63) is 48.7 Å². The van der Waals surface area contributed by atoms with Crippen LogP contribution in [0, 0.1) is 0 Å². The molecule has 0 atom stereocenters. The van der Waals surface area contributed by atoms with Gasteiger partial charge < -0.3 is 25.2 Å². The Balaban J connectivity index is 0.00000341. The molecule has 8 heteroatoms. The van der Waals surface area contributed by atoms with Crippen LogP contribution in [0.1, 0.15) is 19.8 Å². The fraction of sp³-hybridized carbons (Fsp3) is 0.478. The number of anilines is 2. The van der Waals surface area contributed by atoms with Crippen molar-refractivity contribution in [2.45, 2.75) is 19.8 Å². The molecule has 1 aliphatic heterocycles. The highest BCUT2D eigenvalue weighted by Gasteiger charge is 2.21. The quantitative estimate of drug-likeness (QED) is 0.220. The number of aliphatic imine (C=N–C) groups is 1. The van der Waals surface area contributed by atoms with E-state index in [4.69, 9.17) is 9.73 Å². The topological polar surface area (TPSA) is 65.0 Å². The molecule has 0 amide bonds. The number of pyridine rings is 1. The molecule has 2 heterocycles. The number of hydrogen-bond acceptors (Lipinski definition) is 5. The summed E-state index contributed by atoms with van der Waals surface area (Å²) in [6.07, 6.45) is 3.93. The third-order valence-corrected chi connectivity index (χ3v) is 5.16. The van der Waals surface area contributed by atoms with Crippen LogP contribution in [-0.2, 0) is 0 Å². The molecule has 2 N–H and O–H groups in total. The van der Waals surface area contributed by atoms with Crippen molar-refractivity contribution in [1.82, 2.24) is 15.2 Å². The van der Waals surface area contributed by atoms with E-state index in [-0.39, 0.29) is 24.0 Å². The fourth-order valence-corrected chi connectivity index (χ4v) is 3.58. The van der Waals surface area contributed by atoms with Gasteiger partial charge in [-0.05, 0) is 44.0 Å². The fourth-order valence-electron chi connectivity index (χ4n) is 3.58. The number of para-hydroxylation sites is 2. The van der Waals surface area contributed by atoms with E-state index in [2.05, 4.69) is 44.5 Å². The lowest BCUT2D eigenvalue weighted by molar-refractivity contribution is 0.367. The molecule has 1 aromatic heterocycles. The first-order chi connectivity index (χ1) is 14.8. The van der Waals surface area contributed by atoms with E-state index >= 15 is 0 Å². The van der Waals surface area contributed by atoms with Crippen LogP contribution >= 0.6 is 24.0 Å². The van der Waals surface area contributed by atoms with E-state index in [9.17, 15) is 0 Å². The smallest absolute Gasteiger partial charge is 0.194 e. The number of halogens is 1. The maximum atomic E-state index is 5.52. The largest absolute Gasteiger partial charge is 0.495 e. The Labute approximate surface area is 203 Å². The van der Waals surface area contributed by atoms with E-state index in [0.717, 1.165) is 76.2 Å². The normalized spacial score (nSPS) is 14.1. The zero-order chi connectivity index (χ0) is 21.0. The molecule has 0 spiro atoms. The molecule has 2 aromatic rings. The summed E-state index contributed by atoms with van der Waals surface area (Å²) in [5, 5.41) is 6.80. The zero-order valence-electron chi connectivity index (χ0n) is 18.6. The minimum Gasteiger partial charge on any atom is -0.495 e. The summed E-state index contributed by atoms with van der Waals surface area (Å²) in [5.41, 5.74) is 1.17. The summed E-state index contributed by atoms with van der Waals surface area (Å²) in [7, 11) is 1.73. The molecule has 0 radical (unpaired) electrons. The summed E-state index contributed by atoms with van der Waals surface area (Å²) in [5.74, 6) is 2.89. The van der Waals surface area contributed by atoms with Crippen molar-refractivity contribution < 1.29 is 4.74 Å². The first kappa shape index (κ1) is 25.0. The first-order valence-electron chi connectivity index (χ1n) is 10.9. The Bertz CT molecular complexity index is 781. The molecular formula is C23H35IN6O. The van der Waals surface area contributed by atoms with Gasteiger partial charge in [-0.15, -0.1) is 24.0 Å². The summed E-state index contributed by atoms with van der Waals surface area (Å²) in [6.45, 7) is 8.57. The molecule has 1 saturated heterocycles. The van der Waals surface area contributed by atoms with Gasteiger partial charge in [0, 0.05) is 52.0 Å². The highest BCUT2D eigenvalue weighted by Crippen LogP contribution is 2.28. The highest BCUT2D eigenvalue weighted by molar-refractivity contribution is 14.0. The van der Waals surface area contributed by atoms with E-state index in [1.54, 1.807) is 7.11 Å². The SMILES string of the molecule is CCNC(=NCCCCNc1ccccn1)N1CCN(c2ccccc2OC)CC1.I. The molecule has 1 aromatic carbocycles. The van der Waals surface area contributed by atoms with Crippen molar-refractivity contribution in [2.24, 2.45) is 4.99 Å². The standard InChI is InChI=1S/C23H34N6O.HI/c1-3-24-23(27-15-9-8-14-26-22-12-6-7-13-25-22)29-18-16-28(17-19-29)20-10-4-5-11-21(20)30-2;/h4-7,10-13H,3,8-9,14-19H2,1-2H3,(H,24,27)(H,25,26);1H.